The van der Waals surface area contributed by atoms with Gasteiger partial charge in [-0.25, -0.2) is 13.2 Å². The lowest BCUT2D eigenvalue weighted by atomic mass is 10.3. The number of aryl methyl sites for hydroxylation is 1. The highest BCUT2D eigenvalue weighted by molar-refractivity contribution is 7.89. The number of carbonyl (C=O) groups is 1. The number of pyridine rings is 1. The number of ether oxygens (including phenoxy) is 1. The van der Waals surface area contributed by atoms with E-state index in [-0.39, 0.29) is 23.1 Å². The number of hydrogen-bond donors (Lipinski definition) is 0. The zero-order valence-corrected chi connectivity index (χ0v) is 17.1. The van der Waals surface area contributed by atoms with Crippen molar-refractivity contribution in [2.24, 2.45) is 7.05 Å². The molecule has 0 aliphatic rings. The van der Waals surface area contributed by atoms with Crippen LogP contribution in [-0.2, 0) is 28.4 Å². The lowest BCUT2D eigenvalue weighted by molar-refractivity contribution is 0.0418. The molecule has 11 heteroatoms. The second-order valence-corrected chi connectivity index (χ2v) is 8.03. The summed E-state index contributed by atoms with van der Waals surface area (Å²) in [6.07, 6.45) is 4.60. The molecule has 3 aromatic heterocycles. The van der Waals surface area contributed by atoms with Crippen LogP contribution in [0.2, 0.25) is 0 Å². The van der Waals surface area contributed by atoms with Crippen LogP contribution >= 0.6 is 0 Å². The van der Waals surface area contributed by atoms with Crippen LogP contribution in [-0.4, -0.2) is 51.5 Å². The average molecular weight is 419 g/mol. The van der Waals surface area contributed by atoms with Gasteiger partial charge in [0.1, 0.15) is 10.6 Å². The topological polar surface area (TPSA) is 120 Å². The van der Waals surface area contributed by atoms with Gasteiger partial charge >= 0.3 is 5.97 Å². The summed E-state index contributed by atoms with van der Waals surface area (Å²) >= 11 is 0. The maximum Gasteiger partial charge on any atom is 0.355 e. The van der Waals surface area contributed by atoms with Gasteiger partial charge in [-0.15, -0.1) is 0 Å². The quantitative estimate of drug-likeness (QED) is 0.507. The molecule has 0 saturated carbocycles. The molecule has 0 aliphatic heterocycles. The zero-order valence-electron chi connectivity index (χ0n) is 16.3. The minimum Gasteiger partial charge on any atom is -0.451 e. The van der Waals surface area contributed by atoms with Crippen molar-refractivity contribution in [3.05, 3.63) is 48.4 Å². The third-order valence-corrected chi connectivity index (χ3v) is 6.26. The first-order valence-corrected chi connectivity index (χ1v) is 10.4. The normalized spacial score (nSPS) is 11.7. The Hall–Kier alpha value is -3.05. The first kappa shape index (κ1) is 20.7. The Kier molecular flexibility index (Phi) is 6.09. The Balaban J connectivity index is 1.71. The van der Waals surface area contributed by atoms with Crippen molar-refractivity contribution in [1.29, 1.82) is 0 Å². The highest BCUT2D eigenvalue weighted by Crippen LogP contribution is 2.20. The van der Waals surface area contributed by atoms with Crippen molar-refractivity contribution < 1.29 is 22.5 Å². The molecule has 0 radical (unpaired) electrons. The van der Waals surface area contributed by atoms with Crippen LogP contribution in [0.5, 0.6) is 0 Å². The van der Waals surface area contributed by atoms with Crippen molar-refractivity contribution in [2.75, 3.05) is 13.1 Å². The smallest absolute Gasteiger partial charge is 0.355 e. The minimum absolute atomic E-state index is 0.0345. The third-order valence-electron chi connectivity index (χ3n) is 4.25. The first-order chi connectivity index (χ1) is 13.9. The highest BCUT2D eigenvalue weighted by atomic mass is 32.2. The van der Waals surface area contributed by atoms with Gasteiger partial charge < -0.3 is 13.8 Å². The molecule has 0 spiro atoms. The van der Waals surface area contributed by atoms with Gasteiger partial charge in [-0.3, -0.25) is 4.98 Å². The number of hydrogen-bond acceptors (Lipinski definition) is 8. The summed E-state index contributed by atoms with van der Waals surface area (Å²) in [5.41, 5.74) is 0.769. The number of nitrogens with zero attached hydrogens (tertiary/aromatic N) is 5. The molecule has 0 aromatic carbocycles. The van der Waals surface area contributed by atoms with E-state index in [1.807, 2.05) is 0 Å². The summed E-state index contributed by atoms with van der Waals surface area (Å²) in [5.74, 6) is -0.257. The van der Waals surface area contributed by atoms with E-state index >= 15 is 0 Å². The molecular weight excluding hydrogens is 398 g/mol. The van der Waals surface area contributed by atoms with Gasteiger partial charge in [-0.05, 0) is 18.2 Å². The predicted octanol–water partition coefficient (Wildman–Crippen LogP) is 1.86. The highest BCUT2D eigenvalue weighted by Gasteiger charge is 2.26. The van der Waals surface area contributed by atoms with E-state index in [1.54, 1.807) is 45.4 Å². The van der Waals surface area contributed by atoms with Crippen molar-refractivity contribution in [3.63, 3.8) is 0 Å². The van der Waals surface area contributed by atoms with Gasteiger partial charge in [0.2, 0.25) is 15.8 Å². The molecule has 0 bridgehead atoms. The summed E-state index contributed by atoms with van der Waals surface area (Å²) < 4.78 is 38.3. The molecule has 0 aliphatic carbocycles. The minimum atomic E-state index is -3.67. The van der Waals surface area contributed by atoms with Crippen molar-refractivity contribution >= 4 is 16.0 Å². The van der Waals surface area contributed by atoms with E-state index in [1.165, 1.54) is 21.1 Å². The van der Waals surface area contributed by atoms with Crippen molar-refractivity contribution in [3.8, 4) is 11.4 Å². The summed E-state index contributed by atoms with van der Waals surface area (Å²) in [6.45, 7) is 3.94. The van der Waals surface area contributed by atoms with Crippen LogP contribution in [0, 0.1) is 0 Å². The molecular formula is C18H21N5O5S. The molecule has 10 nitrogen and oxygen atoms in total. The van der Waals surface area contributed by atoms with Gasteiger partial charge in [0.15, 0.2) is 6.61 Å². The van der Waals surface area contributed by atoms with E-state index in [2.05, 4.69) is 15.1 Å². The van der Waals surface area contributed by atoms with E-state index in [0.29, 0.717) is 24.5 Å². The molecule has 0 saturated heterocycles. The maximum atomic E-state index is 12.6. The fraction of sp³-hybridized carbons (Fsp3) is 0.333. The van der Waals surface area contributed by atoms with Gasteiger partial charge in [0.25, 0.3) is 5.89 Å². The number of carbonyl (C=O) groups excluding carboxylic acids is 1. The summed E-state index contributed by atoms with van der Waals surface area (Å²) in [4.78, 5) is 20.6. The fourth-order valence-corrected chi connectivity index (χ4v) is 4.25. The van der Waals surface area contributed by atoms with Crippen LogP contribution < -0.4 is 0 Å². The van der Waals surface area contributed by atoms with Crippen LogP contribution in [0.1, 0.15) is 30.2 Å². The molecule has 0 unspecified atom stereocenters. The third kappa shape index (κ3) is 4.35. The Bertz CT molecular complexity index is 1090. The summed E-state index contributed by atoms with van der Waals surface area (Å²) in [7, 11) is -2.10. The Morgan fingerprint density at radius 2 is 2.07 bits per heavy atom. The van der Waals surface area contributed by atoms with Gasteiger partial charge in [-0.1, -0.05) is 19.0 Å². The standard InChI is InChI=1S/C18H21N5O5S/c1-4-23(5-2)29(25,26)14-9-15(22(3)11-14)18(24)27-12-16-20-17(21-28-16)13-7-6-8-19-10-13/h6-11H,4-5,12H2,1-3H3. The molecule has 154 valence electrons. The zero-order chi connectivity index (χ0) is 21.0. The van der Waals surface area contributed by atoms with E-state index in [4.69, 9.17) is 9.26 Å². The largest absolute Gasteiger partial charge is 0.451 e. The first-order valence-electron chi connectivity index (χ1n) is 8.93. The molecule has 29 heavy (non-hydrogen) atoms. The number of esters is 1. The SMILES string of the molecule is CCN(CC)S(=O)(=O)c1cc(C(=O)OCc2nc(-c3cccnc3)no2)n(C)c1. The molecule has 3 aromatic rings. The van der Waals surface area contributed by atoms with Crippen LogP contribution in [0.15, 0.2) is 46.2 Å². The Morgan fingerprint density at radius 1 is 1.31 bits per heavy atom. The molecule has 3 rings (SSSR count). The number of sulfonamides is 1. The van der Waals surface area contributed by atoms with E-state index in [9.17, 15) is 13.2 Å². The van der Waals surface area contributed by atoms with E-state index in [0.717, 1.165) is 0 Å². The molecule has 3 heterocycles. The summed E-state index contributed by atoms with van der Waals surface area (Å²) in [6, 6.07) is 4.81. The number of rotatable bonds is 8. The lowest BCUT2D eigenvalue weighted by Crippen LogP contribution is -2.30. The second-order valence-electron chi connectivity index (χ2n) is 6.09. The van der Waals surface area contributed by atoms with Crippen molar-refractivity contribution in [2.45, 2.75) is 25.3 Å². The Morgan fingerprint density at radius 3 is 2.72 bits per heavy atom. The van der Waals surface area contributed by atoms with Gasteiger partial charge in [0, 0.05) is 44.3 Å². The predicted molar refractivity (Wildman–Crippen MR) is 102 cm³/mol. The van der Waals surface area contributed by atoms with E-state index < -0.39 is 16.0 Å². The van der Waals surface area contributed by atoms with Crippen LogP contribution in [0.3, 0.4) is 0 Å². The molecule has 0 N–H and O–H groups in total. The average Bonchev–Trinajstić information content (AvgIpc) is 3.35. The molecule has 0 fully saturated rings. The maximum absolute atomic E-state index is 12.6. The van der Waals surface area contributed by atoms with Crippen molar-refractivity contribution in [1.82, 2.24) is 24.0 Å². The second kappa shape index (κ2) is 8.53. The molecule has 0 atom stereocenters. The Labute approximate surface area is 168 Å². The summed E-state index contributed by atoms with van der Waals surface area (Å²) in [5, 5.41) is 3.82. The number of aromatic nitrogens is 4. The lowest BCUT2D eigenvalue weighted by Gasteiger charge is -2.17. The van der Waals surface area contributed by atoms with Crippen LogP contribution in [0.25, 0.3) is 11.4 Å². The van der Waals surface area contributed by atoms with Gasteiger partial charge in [-0.2, -0.15) is 9.29 Å². The van der Waals surface area contributed by atoms with Crippen LogP contribution in [0.4, 0.5) is 0 Å². The van der Waals surface area contributed by atoms with Gasteiger partial charge in [0.05, 0.1) is 0 Å². The monoisotopic (exact) mass is 419 g/mol. The molecule has 0 amide bonds. The fourth-order valence-electron chi connectivity index (χ4n) is 2.72.